The van der Waals surface area contributed by atoms with E-state index >= 15 is 0 Å². The highest BCUT2D eigenvalue weighted by atomic mass is 32.2. The van der Waals surface area contributed by atoms with Crippen molar-refractivity contribution in [3.8, 4) is 0 Å². The van der Waals surface area contributed by atoms with Crippen molar-refractivity contribution < 1.29 is 13.2 Å². The molecule has 1 aromatic rings. The second-order valence-corrected chi connectivity index (χ2v) is 9.41. The molecule has 0 fully saturated rings. The van der Waals surface area contributed by atoms with E-state index in [1.807, 2.05) is 6.07 Å². The monoisotopic (exact) mass is 384 g/mol. The van der Waals surface area contributed by atoms with Crippen LogP contribution in [0.4, 0.5) is 0 Å². The summed E-state index contributed by atoms with van der Waals surface area (Å²) in [5.74, 6) is 0.591. The van der Waals surface area contributed by atoms with Crippen LogP contribution in [-0.4, -0.2) is 59.6 Å². The third-order valence-electron chi connectivity index (χ3n) is 4.11. The van der Waals surface area contributed by atoms with E-state index in [0.717, 1.165) is 0 Å². The molecule has 0 aliphatic carbocycles. The molecule has 0 heterocycles. The molecule has 0 radical (unpaired) electrons. The van der Waals surface area contributed by atoms with Crippen LogP contribution in [0.25, 0.3) is 0 Å². The molecule has 1 aromatic carbocycles. The normalized spacial score (nSPS) is 14.4. The van der Waals surface area contributed by atoms with Gasteiger partial charge >= 0.3 is 0 Å². The average molecular weight is 385 g/mol. The lowest BCUT2D eigenvalue weighted by Crippen LogP contribution is -2.45. The molecule has 0 aliphatic rings. The van der Waals surface area contributed by atoms with Crippen LogP contribution in [0.3, 0.4) is 0 Å². The van der Waals surface area contributed by atoms with E-state index in [1.54, 1.807) is 32.4 Å². The molecule has 0 aliphatic heterocycles. The molecule has 0 saturated carbocycles. The van der Waals surface area contributed by atoms with Gasteiger partial charge in [0.15, 0.2) is 5.96 Å². The van der Waals surface area contributed by atoms with Gasteiger partial charge in [-0.3, -0.25) is 4.99 Å². The number of nitrogens with one attached hydrogen (secondary N) is 2. The molecule has 148 valence electrons. The van der Waals surface area contributed by atoms with Crippen LogP contribution in [0.5, 0.6) is 0 Å². The van der Waals surface area contributed by atoms with Crippen LogP contribution in [-0.2, 0) is 21.3 Å². The minimum atomic E-state index is -3.50. The molecule has 26 heavy (non-hydrogen) atoms. The number of rotatable bonds is 7. The number of sulfonamides is 1. The first-order chi connectivity index (χ1) is 12.0. The SMILES string of the molecule is CN=C(NCc1ccccc1S(=O)(=O)N(C)C)NCC(OC)C(C)(C)C. The van der Waals surface area contributed by atoms with E-state index in [4.69, 9.17) is 4.74 Å². The Kier molecular flexibility index (Phi) is 8.05. The minimum absolute atomic E-state index is 0.00695. The maximum Gasteiger partial charge on any atom is 0.242 e. The Hall–Kier alpha value is -1.64. The number of methoxy groups -OCH3 is 1. The van der Waals surface area contributed by atoms with Crippen LogP contribution in [0, 0.1) is 5.41 Å². The van der Waals surface area contributed by atoms with Crippen molar-refractivity contribution >= 4 is 16.0 Å². The lowest BCUT2D eigenvalue weighted by molar-refractivity contribution is 0.0205. The van der Waals surface area contributed by atoms with E-state index < -0.39 is 10.0 Å². The number of guanidine groups is 1. The molecule has 0 spiro atoms. The summed E-state index contributed by atoms with van der Waals surface area (Å²) in [6.45, 7) is 7.28. The Labute approximate surface area is 157 Å². The molecule has 1 unspecified atom stereocenters. The molecule has 2 N–H and O–H groups in total. The predicted octanol–water partition coefficient (Wildman–Crippen LogP) is 1.66. The third-order valence-corrected chi connectivity index (χ3v) is 6.02. The summed E-state index contributed by atoms with van der Waals surface area (Å²) in [5, 5.41) is 6.40. The van der Waals surface area contributed by atoms with Gasteiger partial charge in [0.05, 0.1) is 11.0 Å². The van der Waals surface area contributed by atoms with Crippen molar-refractivity contribution in [3.05, 3.63) is 29.8 Å². The molecule has 0 bridgehead atoms. The van der Waals surface area contributed by atoms with Crippen molar-refractivity contribution in [1.82, 2.24) is 14.9 Å². The number of benzene rings is 1. The first kappa shape index (κ1) is 22.4. The van der Waals surface area contributed by atoms with Gasteiger partial charge in [-0.15, -0.1) is 0 Å². The molecular formula is C18H32N4O3S. The maximum absolute atomic E-state index is 12.5. The smallest absolute Gasteiger partial charge is 0.242 e. The molecule has 8 heteroatoms. The number of hydrogen-bond acceptors (Lipinski definition) is 4. The van der Waals surface area contributed by atoms with Crippen molar-refractivity contribution in [2.75, 3.05) is 34.8 Å². The van der Waals surface area contributed by atoms with E-state index in [0.29, 0.717) is 24.6 Å². The molecule has 0 amide bonds. The fourth-order valence-electron chi connectivity index (χ4n) is 2.43. The quantitative estimate of drug-likeness (QED) is 0.552. The van der Waals surface area contributed by atoms with Gasteiger partial charge in [0.1, 0.15) is 0 Å². The summed E-state index contributed by atoms with van der Waals surface area (Å²) >= 11 is 0. The zero-order valence-electron chi connectivity index (χ0n) is 16.8. The highest BCUT2D eigenvalue weighted by Gasteiger charge is 2.24. The fourth-order valence-corrected chi connectivity index (χ4v) is 3.55. The second kappa shape index (κ2) is 9.34. The highest BCUT2D eigenvalue weighted by Crippen LogP contribution is 2.21. The van der Waals surface area contributed by atoms with Gasteiger partial charge in [0.2, 0.25) is 10.0 Å². The van der Waals surface area contributed by atoms with Gasteiger partial charge in [-0.1, -0.05) is 39.0 Å². The summed E-state index contributed by atoms with van der Waals surface area (Å²) in [5.41, 5.74) is 0.677. The standard InChI is InChI=1S/C18H32N4O3S/c1-18(2,3)16(25-7)13-21-17(19-4)20-12-14-10-8-9-11-15(14)26(23,24)22(5)6/h8-11,16H,12-13H2,1-7H3,(H2,19,20,21). The highest BCUT2D eigenvalue weighted by molar-refractivity contribution is 7.89. The third kappa shape index (κ3) is 5.96. The van der Waals surface area contributed by atoms with Gasteiger partial charge in [-0.05, 0) is 17.0 Å². The van der Waals surface area contributed by atoms with Crippen LogP contribution in [0.2, 0.25) is 0 Å². The Morgan fingerprint density at radius 2 is 1.85 bits per heavy atom. The minimum Gasteiger partial charge on any atom is -0.379 e. The van der Waals surface area contributed by atoms with Crippen LogP contribution in [0.15, 0.2) is 34.2 Å². The summed E-state index contributed by atoms with van der Waals surface area (Å²) < 4.78 is 31.7. The first-order valence-electron chi connectivity index (χ1n) is 8.51. The van der Waals surface area contributed by atoms with Gasteiger partial charge in [0.25, 0.3) is 0 Å². The lowest BCUT2D eigenvalue weighted by Gasteiger charge is -2.30. The van der Waals surface area contributed by atoms with E-state index in [-0.39, 0.29) is 16.4 Å². The van der Waals surface area contributed by atoms with Crippen molar-refractivity contribution in [1.29, 1.82) is 0 Å². The Balaban J connectivity index is 2.83. The number of hydrogen-bond donors (Lipinski definition) is 2. The van der Waals surface area contributed by atoms with Gasteiger partial charge < -0.3 is 15.4 Å². The first-order valence-corrected chi connectivity index (χ1v) is 9.95. The summed E-state index contributed by atoms with van der Waals surface area (Å²) in [7, 11) is 2.92. The fraction of sp³-hybridized carbons (Fsp3) is 0.611. The Bertz CT molecular complexity index is 709. The summed E-state index contributed by atoms with van der Waals surface area (Å²) in [6.07, 6.45) is 0.0162. The van der Waals surface area contributed by atoms with Crippen molar-refractivity contribution in [2.24, 2.45) is 10.4 Å². The van der Waals surface area contributed by atoms with Gasteiger partial charge in [0, 0.05) is 41.3 Å². The molecule has 1 rings (SSSR count). The Morgan fingerprint density at radius 1 is 1.23 bits per heavy atom. The Morgan fingerprint density at radius 3 is 2.35 bits per heavy atom. The zero-order chi connectivity index (χ0) is 20.0. The van der Waals surface area contributed by atoms with Gasteiger partial charge in [-0.25, -0.2) is 12.7 Å². The predicted molar refractivity (Wildman–Crippen MR) is 106 cm³/mol. The van der Waals surface area contributed by atoms with Crippen molar-refractivity contribution in [3.63, 3.8) is 0 Å². The van der Waals surface area contributed by atoms with E-state index in [1.165, 1.54) is 18.4 Å². The number of ether oxygens (including phenoxy) is 1. The van der Waals surface area contributed by atoms with Crippen molar-refractivity contribution in [2.45, 2.75) is 38.3 Å². The van der Waals surface area contributed by atoms with Crippen LogP contribution in [0.1, 0.15) is 26.3 Å². The summed E-state index contributed by atoms with van der Waals surface area (Å²) in [6, 6.07) is 6.95. The van der Waals surface area contributed by atoms with Gasteiger partial charge in [-0.2, -0.15) is 0 Å². The van der Waals surface area contributed by atoms with Crippen LogP contribution >= 0.6 is 0 Å². The largest absolute Gasteiger partial charge is 0.379 e. The molecule has 7 nitrogen and oxygen atoms in total. The number of nitrogens with zero attached hydrogens (tertiary/aromatic N) is 2. The summed E-state index contributed by atoms with van der Waals surface area (Å²) in [4.78, 5) is 4.49. The molecule has 0 saturated heterocycles. The number of aliphatic imine (C=N–C) groups is 1. The second-order valence-electron chi connectivity index (χ2n) is 7.29. The molecular weight excluding hydrogens is 352 g/mol. The molecule has 0 aromatic heterocycles. The maximum atomic E-state index is 12.5. The van der Waals surface area contributed by atoms with E-state index in [2.05, 4.69) is 36.4 Å². The topological polar surface area (TPSA) is 83.0 Å². The van der Waals surface area contributed by atoms with E-state index in [9.17, 15) is 8.42 Å². The molecule has 1 atom stereocenters. The average Bonchev–Trinajstić information content (AvgIpc) is 2.57. The zero-order valence-corrected chi connectivity index (χ0v) is 17.6. The van der Waals surface area contributed by atoms with Crippen LogP contribution < -0.4 is 10.6 Å². The lowest BCUT2D eigenvalue weighted by atomic mass is 9.89.